The fourth-order valence-corrected chi connectivity index (χ4v) is 2.73. The van der Waals surface area contributed by atoms with Crippen molar-refractivity contribution in [2.75, 3.05) is 7.05 Å². The molecule has 0 aliphatic rings. The normalized spacial score (nSPS) is 12.6. The number of nitrogens with one attached hydrogen (secondary N) is 1. The number of likely N-dealkylation sites (N-methyl/N-ethyl adjacent to an activating group) is 1. The number of aryl methyl sites for hydroxylation is 4. The van der Waals surface area contributed by atoms with Gasteiger partial charge in [-0.3, -0.25) is 4.68 Å². The van der Waals surface area contributed by atoms with Crippen LogP contribution in [0.2, 0.25) is 0 Å². The van der Waals surface area contributed by atoms with E-state index in [1.807, 2.05) is 0 Å². The van der Waals surface area contributed by atoms with E-state index in [-0.39, 0.29) is 0 Å². The lowest BCUT2D eigenvalue weighted by Crippen LogP contribution is -2.29. The number of hydrogen-bond donors (Lipinski definition) is 1. The van der Waals surface area contributed by atoms with Crippen molar-refractivity contribution in [3.63, 3.8) is 0 Å². The van der Waals surface area contributed by atoms with E-state index in [0.717, 1.165) is 31.5 Å². The number of aromatic nitrogens is 2. The van der Waals surface area contributed by atoms with Crippen LogP contribution in [-0.4, -0.2) is 22.9 Å². The summed E-state index contributed by atoms with van der Waals surface area (Å²) in [5.41, 5.74) is 5.19. The summed E-state index contributed by atoms with van der Waals surface area (Å²) in [6.07, 6.45) is 3.30. The topological polar surface area (TPSA) is 29.9 Å². The predicted octanol–water partition coefficient (Wildman–Crippen LogP) is 3.28. The lowest BCUT2D eigenvalue weighted by molar-refractivity contribution is 0.494. The summed E-state index contributed by atoms with van der Waals surface area (Å²) >= 11 is 0. The SMILES string of the molecule is CCn1nc(C)cc1CC(CCc1ccc(C)cc1)NC. The Hall–Kier alpha value is -1.61. The number of nitrogens with zero attached hydrogens (tertiary/aromatic N) is 2. The first-order valence-electron chi connectivity index (χ1n) is 7.88. The first-order chi connectivity index (χ1) is 10.1. The second kappa shape index (κ2) is 7.41. The largest absolute Gasteiger partial charge is 0.317 e. The highest BCUT2D eigenvalue weighted by atomic mass is 15.3. The third-order valence-electron chi connectivity index (χ3n) is 4.05. The van der Waals surface area contributed by atoms with Gasteiger partial charge in [-0.1, -0.05) is 29.8 Å². The van der Waals surface area contributed by atoms with Crippen LogP contribution in [0.5, 0.6) is 0 Å². The summed E-state index contributed by atoms with van der Waals surface area (Å²) in [5, 5.41) is 7.98. The van der Waals surface area contributed by atoms with E-state index in [1.54, 1.807) is 0 Å². The molecule has 1 atom stereocenters. The number of rotatable bonds is 7. The Morgan fingerprint density at radius 3 is 2.52 bits per heavy atom. The van der Waals surface area contributed by atoms with Crippen LogP contribution in [0.4, 0.5) is 0 Å². The van der Waals surface area contributed by atoms with Crippen molar-refractivity contribution < 1.29 is 0 Å². The highest BCUT2D eigenvalue weighted by Gasteiger charge is 2.12. The molecule has 1 heterocycles. The van der Waals surface area contributed by atoms with Crippen molar-refractivity contribution in [1.29, 1.82) is 0 Å². The summed E-state index contributed by atoms with van der Waals surface area (Å²) in [7, 11) is 2.05. The van der Waals surface area contributed by atoms with Gasteiger partial charge in [0.25, 0.3) is 0 Å². The van der Waals surface area contributed by atoms with E-state index >= 15 is 0 Å². The van der Waals surface area contributed by atoms with Gasteiger partial charge in [0.2, 0.25) is 0 Å². The molecule has 1 aromatic carbocycles. The maximum atomic E-state index is 4.53. The zero-order valence-corrected chi connectivity index (χ0v) is 13.7. The third-order valence-corrected chi connectivity index (χ3v) is 4.05. The molecule has 2 rings (SSSR count). The van der Waals surface area contributed by atoms with E-state index < -0.39 is 0 Å². The fraction of sp³-hybridized carbons (Fsp3) is 0.500. The lowest BCUT2D eigenvalue weighted by atomic mass is 10.0. The van der Waals surface area contributed by atoms with Crippen LogP contribution in [0.3, 0.4) is 0 Å². The van der Waals surface area contributed by atoms with Crippen LogP contribution < -0.4 is 5.32 Å². The molecule has 0 bridgehead atoms. The van der Waals surface area contributed by atoms with Crippen molar-refractivity contribution in [2.24, 2.45) is 0 Å². The lowest BCUT2D eigenvalue weighted by Gasteiger charge is -2.17. The van der Waals surface area contributed by atoms with E-state index in [9.17, 15) is 0 Å². The highest BCUT2D eigenvalue weighted by molar-refractivity contribution is 5.21. The molecule has 114 valence electrons. The van der Waals surface area contributed by atoms with Crippen LogP contribution in [0, 0.1) is 13.8 Å². The monoisotopic (exact) mass is 285 g/mol. The number of hydrogen-bond acceptors (Lipinski definition) is 2. The minimum absolute atomic E-state index is 0.493. The molecule has 0 aliphatic carbocycles. The molecule has 1 unspecified atom stereocenters. The zero-order valence-electron chi connectivity index (χ0n) is 13.7. The van der Waals surface area contributed by atoms with Gasteiger partial charge in [-0.05, 0) is 52.3 Å². The summed E-state index contributed by atoms with van der Waals surface area (Å²) in [6.45, 7) is 7.29. The molecule has 2 aromatic rings. The summed E-state index contributed by atoms with van der Waals surface area (Å²) < 4.78 is 2.12. The average Bonchev–Trinajstić information content (AvgIpc) is 2.85. The molecule has 21 heavy (non-hydrogen) atoms. The Morgan fingerprint density at radius 1 is 1.19 bits per heavy atom. The van der Waals surface area contributed by atoms with Gasteiger partial charge in [-0.2, -0.15) is 5.10 Å². The van der Waals surface area contributed by atoms with Gasteiger partial charge in [0.15, 0.2) is 0 Å². The average molecular weight is 285 g/mol. The van der Waals surface area contributed by atoms with Gasteiger partial charge in [0.1, 0.15) is 0 Å². The molecule has 0 aliphatic heterocycles. The van der Waals surface area contributed by atoms with Gasteiger partial charge in [0.05, 0.1) is 5.69 Å². The van der Waals surface area contributed by atoms with Crippen LogP contribution in [0.25, 0.3) is 0 Å². The van der Waals surface area contributed by atoms with E-state index in [1.165, 1.54) is 16.8 Å². The first-order valence-corrected chi connectivity index (χ1v) is 7.88. The van der Waals surface area contributed by atoms with Crippen molar-refractivity contribution in [3.05, 3.63) is 52.8 Å². The van der Waals surface area contributed by atoms with Gasteiger partial charge < -0.3 is 5.32 Å². The van der Waals surface area contributed by atoms with E-state index in [2.05, 4.69) is 73.2 Å². The Bertz CT molecular complexity index is 554. The second-order valence-corrected chi connectivity index (χ2v) is 5.81. The van der Waals surface area contributed by atoms with Gasteiger partial charge in [0, 0.05) is 24.7 Å². The quantitative estimate of drug-likeness (QED) is 0.846. The summed E-state index contributed by atoms with van der Waals surface area (Å²) in [6, 6.07) is 11.6. The van der Waals surface area contributed by atoms with Crippen LogP contribution in [-0.2, 0) is 19.4 Å². The molecule has 0 saturated heterocycles. The van der Waals surface area contributed by atoms with Crippen LogP contribution in [0.1, 0.15) is 35.9 Å². The molecule has 0 fully saturated rings. The zero-order chi connectivity index (χ0) is 15.2. The fourth-order valence-electron chi connectivity index (χ4n) is 2.73. The smallest absolute Gasteiger partial charge is 0.0596 e. The molecule has 3 nitrogen and oxygen atoms in total. The van der Waals surface area contributed by atoms with Crippen molar-refractivity contribution in [1.82, 2.24) is 15.1 Å². The van der Waals surface area contributed by atoms with Gasteiger partial charge in [-0.25, -0.2) is 0 Å². The molecular weight excluding hydrogens is 258 g/mol. The molecule has 0 saturated carbocycles. The standard InChI is InChI=1S/C18H27N3/c1-5-21-18(12-15(3)20-21)13-17(19-4)11-10-16-8-6-14(2)7-9-16/h6-9,12,17,19H,5,10-11,13H2,1-4H3. The van der Waals surface area contributed by atoms with Crippen LogP contribution in [0.15, 0.2) is 30.3 Å². The second-order valence-electron chi connectivity index (χ2n) is 5.81. The maximum Gasteiger partial charge on any atom is 0.0596 e. The van der Waals surface area contributed by atoms with Gasteiger partial charge >= 0.3 is 0 Å². The molecule has 0 radical (unpaired) electrons. The molecular formula is C18H27N3. The van der Waals surface area contributed by atoms with Gasteiger partial charge in [-0.15, -0.1) is 0 Å². The Labute approximate surface area is 128 Å². The number of benzene rings is 1. The third kappa shape index (κ3) is 4.43. The van der Waals surface area contributed by atoms with Crippen molar-refractivity contribution in [3.8, 4) is 0 Å². The Kier molecular flexibility index (Phi) is 5.57. The molecule has 0 amide bonds. The Balaban J connectivity index is 1.95. The summed E-state index contributed by atoms with van der Waals surface area (Å²) in [5.74, 6) is 0. The van der Waals surface area contributed by atoms with E-state index in [0.29, 0.717) is 6.04 Å². The molecule has 1 N–H and O–H groups in total. The van der Waals surface area contributed by atoms with Crippen molar-refractivity contribution in [2.45, 2.75) is 52.6 Å². The van der Waals surface area contributed by atoms with E-state index in [4.69, 9.17) is 0 Å². The molecule has 0 spiro atoms. The van der Waals surface area contributed by atoms with Crippen LogP contribution >= 0.6 is 0 Å². The molecule has 3 heteroatoms. The minimum atomic E-state index is 0.493. The maximum absolute atomic E-state index is 4.53. The minimum Gasteiger partial charge on any atom is -0.317 e. The van der Waals surface area contributed by atoms with Crippen molar-refractivity contribution >= 4 is 0 Å². The summed E-state index contributed by atoms with van der Waals surface area (Å²) in [4.78, 5) is 0. The first kappa shape index (κ1) is 15.8. The Morgan fingerprint density at radius 2 is 1.90 bits per heavy atom. The molecule has 1 aromatic heterocycles. The predicted molar refractivity (Wildman–Crippen MR) is 88.7 cm³/mol. The highest BCUT2D eigenvalue weighted by Crippen LogP contribution is 2.12.